The number of hydrogen-bond acceptors (Lipinski definition) is 2. The number of carbonyl (C=O) groups excluding carboxylic acids is 1. The molecule has 0 radical (unpaired) electrons. The average Bonchev–Trinajstić information content (AvgIpc) is 2.87. The lowest BCUT2D eigenvalue weighted by atomic mass is 10.0. The molecular weight excluding hydrogens is 281 g/mol. The van der Waals surface area contributed by atoms with E-state index in [2.05, 4.69) is 5.10 Å². The number of aryl methyl sites for hydroxylation is 1. The number of Topliss-reactive ketones (excluding diaryl/α,β-unsaturated/α-hetero) is 1. The summed E-state index contributed by atoms with van der Waals surface area (Å²) in [5, 5.41) is 4.06. The van der Waals surface area contributed by atoms with Crippen molar-refractivity contribution in [3.8, 4) is 0 Å². The first kappa shape index (κ1) is 15.3. The maximum absolute atomic E-state index is 12.5. The summed E-state index contributed by atoms with van der Waals surface area (Å²) in [5.74, 6) is -0.152. The van der Waals surface area contributed by atoms with Gasteiger partial charge in [-0.05, 0) is 30.2 Å². The minimum Gasteiger partial charge on any atom is -0.292 e. The molecule has 1 heterocycles. The fraction of sp³-hybridized carbons (Fsp3) is 0.333. The molecule has 0 unspecified atom stereocenters. The van der Waals surface area contributed by atoms with Crippen LogP contribution in [0.5, 0.6) is 0 Å². The van der Waals surface area contributed by atoms with Crippen LogP contribution in [0.4, 0.5) is 13.2 Å². The predicted molar refractivity (Wildman–Crippen MR) is 72.0 cm³/mol. The molecule has 0 aliphatic rings. The lowest BCUT2D eigenvalue weighted by Crippen LogP contribution is -2.12. The molecule has 3 nitrogen and oxygen atoms in total. The Hall–Kier alpha value is -2.11. The molecule has 0 saturated carbocycles. The fourth-order valence-corrected chi connectivity index (χ4v) is 2.05. The number of benzene rings is 1. The van der Waals surface area contributed by atoms with Crippen LogP contribution in [-0.4, -0.2) is 15.6 Å². The molecule has 21 heavy (non-hydrogen) atoms. The summed E-state index contributed by atoms with van der Waals surface area (Å²) in [6.45, 7) is 2.62. The van der Waals surface area contributed by atoms with Crippen molar-refractivity contribution in [2.75, 3.05) is 0 Å². The maximum atomic E-state index is 12.5. The second-order valence-electron chi connectivity index (χ2n) is 4.73. The highest BCUT2D eigenvalue weighted by atomic mass is 19.4. The van der Waals surface area contributed by atoms with Crippen LogP contribution in [0, 0.1) is 0 Å². The van der Waals surface area contributed by atoms with Crippen molar-refractivity contribution in [1.82, 2.24) is 9.78 Å². The van der Waals surface area contributed by atoms with Gasteiger partial charge >= 0.3 is 6.18 Å². The Labute approximate surface area is 120 Å². The number of ketones is 1. The molecule has 1 aromatic heterocycles. The zero-order valence-corrected chi connectivity index (χ0v) is 11.5. The van der Waals surface area contributed by atoms with Crippen molar-refractivity contribution < 1.29 is 18.0 Å². The monoisotopic (exact) mass is 296 g/mol. The van der Waals surface area contributed by atoms with Crippen LogP contribution in [0.15, 0.2) is 36.5 Å². The van der Waals surface area contributed by atoms with Gasteiger partial charge in [-0.2, -0.15) is 18.3 Å². The Balaban J connectivity index is 2.11. The van der Waals surface area contributed by atoms with Crippen molar-refractivity contribution in [3.63, 3.8) is 0 Å². The van der Waals surface area contributed by atoms with Gasteiger partial charge < -0.3 is 0 Å². The van der Waals surface area contributed by atoms with E-state index in [0.717, 1.165) is 18.6 Å². The zero-order chi connectivity index (χ0) is 15.5. The third-order valence-electron chi connectivity index (χ3n) is 3.08. The normalized spacial score (nSPS) is 11.6. The number of hydrogen-bond donors (Lipinski definition) is 0. The van der Waals surface area contributed by atoms with E-state index in [9.17, 15) is 18.0 Å². The smallest absolute Gasteiger partial charge is 0.292 e. The molecule has 0 bridgehead atoms. The van der Waals surface area contributed by atoms with Crippen molar-refractivity contribution in [2.45, 2.75) is 32.5 Å². The van der Waals surface area contributed by atoms with Gasteiger partial charge in [0.2, 0.25) is 0 Å². The lowest BCUT2D eigenvalue weighted by molar-refractivity contribution is -0.137. The molecule has 0 atom stereocenters. The summed E-state index contributed by atoms with van der Waals surface area (Å²) in [6, 6.07) is 6.28. The quantitative estimate of drug-likeness (QED) is 0.788. The third kappa shape index (κ3) is 3.71. The molecule has 0 aliphatic heterocycles. The van der Waals surface area contributed by atoms with E-state index in [-0.39, 0.29) is 12.2 Å². The Bertz CT molecular complexity index is 615. The molecule has 0 fully saturated rings. The van der Waals surface area contributed by atoms with Crippen molar-refractivity contribution in [3.05, 3.63) is 53.3 Å². The van der Waals surface area contributed by atoms with E-state index in [0.29, 0.717) is 17.8 Å². The highest BCUT2D eigenvalue weighted by molar-refractivity contribution is 5.95. The summed E-state index contributed by atoms with van der Waals surface area (Å²) in [5.41, 5.74) is 0.323. The van der Waals surface area contributed by atoms with E-state index < -0.39 is 11.7 Å². The summed E-state index contributed by atoms with van der Waals surface area (Å²) < 4.78 is 39.0. The predicted octanol–water partition coefficient (Wildman–Crippen LogP) is 3.74. The highest BCUT2D eigenvalue weighted by Gasteiger charge is 2.30. The molecule has 6 heteroatoms. The van der Waals surface area contributed by atoms with Crippen molar-refractivity contribution in [2.24, 2.45) is 0 Å². The molecule has 1 aromatic carbocycles. The first-order valence-corrected chi connectivity index (χ1v) is 6.63. The Kier molecular flexibility index (Phi) is 4.45. The minimum atomic E-state index is -4.36. The standard InChI is InChI=1S/C15H15F3N2O/c1-2-9-20-13(7-8-19-20)14(21)10-11-3-5-12(6-4-11)15(16,17)18/h3-8H,2,9-10H2,1H3. The molecule has 0 saturated heterocycles. The van der Waals surface area contributed by atoms with Crippen LogP contribution >= 0.6 is 0 Å². The highest BCUT2D eigenvalue weighted by Crippen LogP contribution is 2.29. The Morgan fingerprint density at radius 3 is 2.43 bits per heavy atom. The van der Waals surface area contributed by atoms with Gasteiger partial charge in [-0.25, -0.2) is 0 Å². The van der Waals surface area contributed by atoms with Crippen molar-refractivity contribution in [1.29, 1.82) is 0 Å². The third-order valence-corrected chi connectivity index (χ3v) is 3.08. The molecular formula is C15H15F3N2O. The van der Waals surface area contributed by atoms with E-state index >= 15 is 0 Å². The van der Waals surface area contributed by atoms with Gasteiger partial charge in [0.25, 0.3) is 0 Å². The number of aromatic nitrogens is 2. The van der Waals surface area contributed by atoms with Gasteiger partial charge in [-0.15, -0.1) is 0 Å². The Morgan fingerprint density at radius 2 is 1.86 bits per heavy atom. The maximum Gasteiger partial charge on any atom is 0.416 e. The molecule has 0 spiro atoms. The number of rotatable bonds is 5. The van der Waals surface area contributed by atoms with Crippen LogP contribution < -0.4 is 0 Å². The van der Waals surface area contributed by atoms with E-state index in [4.69, 9.17) is 0 Å². The first-order valence-electron chi connectivity index (χ1n) is 6.63. The molecule has 112 valence electrons. The van der Waals surface area contributed by atoms with E-state index in [1.807, 2.05) is 6.92 Å². The zero-order valence-electron chi connectivity index (χ0n) is 11.5. The SMILES string of the molecule is CCCn1nccc1C(=O)Cc1ccc(C(F)(F)F)cc1. The van der Waals surface area contributed by atoms with Crippen LogP contribution in [0.1, 0.15) is 35.0 Å². The first-order chi connectivity index (χ1) is 9.91. The lowest BCUT2D eigenvalue weighted by Gasteiger charge is -2.08. The molecule has 2 aromatic rings. The van der Waals surface area contributed by atoms with Gasteiger partial charge in [0, 0.05) is 19.2 Å². The van der Waals surface area contributed by atoms with Gasteiger partial charge in [-0.3, -0.25) is 9.48 Å². The van der Waals surface area contributed by atoms with Gasteiger partial charge in [-0.1, -0.05) is 19.1 Å². The number of halogens is 3. The van der Waals surface area contributed by atoms with Gasteiger partial charge in [0.05, 0.1) is 5.56 Å². The number of carbonyl (C=O) groups is 1. The van der Waals surface area contributed by atoms with Gasteiger partial charge in [0.1, 0.15) is 5.69 Å². The molecule has 0 N–H and O–H groups in total. The molecule has 0 aliphatic carbocycles. The largest absolute Gasteiger partial charge is 0.416 e. The van der Waals surface area contributed by atoms with Gasteiger partial charge in [0.15, 0.2) is 5.78 Å². The second kappa shape index (κ2) is 6.11. The van der Waals surface area contributed by atoms with Crippen LogP contribution in [0.25, 0.3) is 0 Å². The molecule has 2 rings (SSSR count). The number of nitrogens with zero attached hydrogens (tertiary/aromatic N) is 2. The topological polar surface area (TPSA) is 34.9 Å². The average molecular weight is 296 g/mol. The van der Waals surface area contributed by atoms with Crippen LogP contribution in [-0.2, 0) is 19.1 Å². The van der Waals surface area contributed by atoms with Crippen LogP contribution in [0.3, 0.4) is 0 Å². The van der Waals surface area contributed by atoms with Crippen LogP contribution in [0.2, 0.25) is 0 Å². The summed E-state index contributed by atoms with van der Waals surface area (Å²) in [6.07, 6.45) is -1.90. The van der Waals surface area contributed by atoms with Crippen molar-refractivity contribution >= 4 is 5.78 Å². The van der Waals surface area contributed by atoms with E-state index in [1.165, 1.54) is 12.1 Å². The minimum absolute atomic E-state index is 0.0630. The summed E-state index contributed by atoms with van der Waals surface area (Å²) in [4.78, 5) is 12.2. The Morgan fingerprint density at radius 1 is 1.19 bits per heavy atom. The summed E-state index contributed by atoms with van der Waals surface area (Å²) in [7, 11) is 0. The summed E-state index contributed by atoms with van der Waals surface area (Å²) >= 11 is 0. The number of alkyl halides is 3. The van der Waals surface area contributed by atoms with E-state index in [1.54, 1.807) is 16.9 Å². The second-order valence-corrected chi connectivity index (χ2v) is 4.73. The fourth-order valence-electron chi connectivity index (χ4n) is 2.05. The molecule has 0 amide bonds.